The summed E-state index contributed by atoms with van der Waals surface area (Å²) in [6, 6.07) is 0.103. The summed E-state index contributed by atoms with van der Waals surface area (Å²) in [5.41, 5.74) is 0. The molecule has 1 aliphatic rings. The average molecular weight is 216 g/mol. The van der Waals surface area contributed by atoms with E-state index in [2.05, 4.69) is 5.32 Å². The molecule has 5 heteroatoms. The van der Waals surface area contributed by atoms with Gasteiger partial charge in [0.05, 0.1) is 31.9 Å². The molecule has 5 nitrogen and oxygen atoms in total. The van der Waals surface area contributed by atoms with Crippen LogP contribution in [0.4, 0.5) is 4.79 Å². The van der Waals surface area contributed by atoms with Crippen LogP contribution in [0, 0.1) is 0 Å². The van der Waals surface area contributed by atoms with Gasteiger partial charge in [0.15, 0.2) is 0 Å². The van der Waals surface area contributed by atoms with Crippen LogP contribution < -0.4 is 5.32 Å². The van der Waals surface area contributed by atoms with Crippen LogP contribution in [0.25, 0.3) is 0 Å². The summed E-state index contributed by atoms with van der Waals surface area (Å²) in [7, 11) is 0. The van der Waals surface area contributed by atoms with Gasteiger partial charge in [0.2, 0.25) is 0 Å². The number of carbonyl (C=O) groups excluding carboxylic acids is 1. The van der Waals surface area contributed by atoms with Crippen molar-refractivity contribution in [3.05, 3.63) is 0 Å². The van der Waals surface area contributed by atoms with Crippen LogP contribution in [0.5, 0.6) is 0 Å². The third kappa shape index (κ3) is 3.35. The van der Waals surface area contributed by atoms with Gasteiger partial charge in [0.25, 0.3) is 0 Å². The Kier molecular flexibility index (Phi) is 4.35. The lowest BCUT2D eigenvalue weighted by molar-refractivity contribution is -0.0629. The van der Waals surface area contributed by atoms with Crippen LogP contribution >= 0.6 is 0 Å². The van der Waals surface area contributed by atoms with Crippen molar-refractivity contribution >= 4 is 6.03 Å². The third-order valence-corrected chi connectivity index (χ3v) is 2.38. The SMILES string of the molecule is CC(C)NC(=O)N1CC(CO)OCC1C. The first-order valence-electron chi connectivity index (χ1n) is 5.34. The van der Waals surface area contributed by atoms with Gasteiger partial charge >= 0.3 is 6.03 Å². The minimum Gasteiger partial charge on any atom is -0.394 e. The van der Waals surface area contributed by atoms with E-state index in [0.717, 1.165) is 0 Å². The standard InChI is InChI=1S/C10H20N2O3/c1-7(2)11-10(14)12-4-9(5-13)15-6-8(12)3/h7-9,13H,4-6H2,1-3H3,(H,11,14). The summed E-state index contributed by atoms with van der Waals surface area (Å²) in [6.07, 6.45) is -0.251. The molecular formula is C10H20N2O3. The van der Waals surface area contributed by atoms with Crippen molar-refractivity contribution in [2.24, 2.45) is 0 Å². The molecule has 1 fully saturated rings. The third-order valence-electron chi connectivity index (χ3n) is 2.38. The first-order valence-corrected chi connectivity index (χ1v) is 5.34. The highest BCUT2D eigenvalue weighted by Crippen LogP contribution is 2.11. The number of carbonyl (C=O) groups is 1. The summed E-state index contributed by atoms with van der Waals surface area (Å²) in [6.45, 7) is 6.68. The van der Waals surface area contributed by atoms with Crippen molar-refractivity contribution in [2.45, 2.75) is 39.0 Å². The Hall–Kier alpha value is -0.810. The maximum Gasteiger partial charge on any atom is 0.318 e. The van der Waals surface area contributed by atoms with Crippen LogP contribution in [0.3, 0.4) is 0 Å². The number of hydrogen-bond donors (Lipinski definition) is 2. The number of rotatable bonds is 2. The van der Waals surface area contributed by atoms with E-state index < -0.39 is 0 Å². The number of ether oxygens (including phenoxy) is 1. The number of hydrogen-bond acceptors (Lipinski definition) is 3. The molecule has 0 aromatic carbocycles. The Bertz CT molecular complexity index is 221. The molecule has 0 spiro atoms. The number of aliphatic hydroxyl groups is 1. The van der Waals surface area contributed by atoms with Crippen LogP contribution in [-0.4, -0.2) is 54.0 Å². The van der Waals surface area contributed by atoms with Gasteiger partial charge in [0, 0.05) is 6.04 Å². The van der Waals surface area contributed by atoms with Gasteiger partial charge in [0.1, 0.15) is 0 Å². The molecule has 1 rings (SSSR count). The van der Waals surface area contributed by atoms with E-state index in [0.29, 0.717) is 13.2 Å². The zero-order valence-electron chi connectivity index (χ0n) is 9.56. The van der Waals surface area contributed by atoms with E-state index in [9.17, 15) is 4.79 Å². The second-order valence-electron chi connectivity index (χ2n) is 4.24. The molecule has 0 aromatic rings. The summed E-state index contributed by atoms with van der Waals surface area (Å²) in [5, 5.41) is 11.8. The van der Waals surface area contributed by atoms with E-state index >= 15 is 0 Å². The lowest BCUT2D eigenvalue weighted by atomic mass is 10.2. The molecule has 2 N–H and O–H groups in total. The van der Waals surface area contributed by atoms with E-state index in [4.69, 9.17) is 9.84 Å². The predicted molar refractivity (Wildman–Crippen MR) is 56.7 cm³/mol. The Morgan fingerprint density at radius 2 is 2.33 bits per heavy atom. The fourth-order valence-electron chi connectivity index (χ4n) is 1.54. The smallest absolute Gasteiger partial charge is 0.318 e. The molecule has 2 unspecified atom stereocenters. The van der Waals surface area contributed by atoms with Crippen LogP contribution in [0.1, 0.15) is 20.8 Å². The lowest BCUT2D eigenvalue weighted by Gasteiger charge is -2.37. The summed E-state index contributed by atoms with van der Waals surface area (Å²) >= 11 is 0. The van der Waals surface area contributed by atoms with Gasteiger partial charge in [-0.15, -0.1) is 0 Å². The average Bonchev–Trinajstić information content (AvgIpc) is 2.17. The van der Waals surface area contributed by atoms with Crippen LogP contribution in [-0.2, 0) is 4.74 Å². The van der Waals surface area contributed by atoms with Gasteiger partial charge in [-0.2, -0.15) is 0 Å². The first-order chi connectivity index (χ1) is 7.04. The quantitative estimate of drug-likeness (QED) is 0.692. The highest BCUT2D eigenvalue weighted by Gasteiger charge is 2.29. The minimum absolute atomic E-state index is 0.0435. The Labute approximate surface area is 90.4 Å². The zero-order valence-corrected chi connectivity index (χ0v) is 9.56. The molecular weight excluding hydrogens is 196 g/mol. The molecule has 0 radical (unpaired) electrons. The van der Waals surface area contributed by atoms with Crippen molar-refractivity contribution < 1.29 is 14.6 Å². The zero-order chi connectivity index (χ0) is 11.4. The Morgan fingerprint density at radius 3 is 2.87 bits per heavy atom. The van der Waals surface area contributed by atoms with Crippen molar-refractivity contribution in [3.63, 3.8) is 0 Å². The van der Waals surface area contributed by atoms with Crippen LogP contribution in [0.2, 0.25) is 0 Å². The highest BCUT2D eigenvalue weighted by atomic mass is 16.5. The van der Waals surface area contributed by atoms with Gasteiger partial charge < -0.3 is 20.1 Å². The van der Waals surface area contributed by atoms with E-state index in [1.54, 1.807) is 4.90 Å². The number of urea groups is 1. The van der Waals surface area contributed by atoms with Gasteiger partial charge in [-0.05, 0) is 20.8 Å². The molecule has 1 saturated heterocycles. The second kappa shape index (κ2) is 5.32. The van der Waals surface area contributed by atoms with Gasteiger partial charge in [-0.25, -0.2) is 4.79 Å². The first kappa shape index (κ1) is 12.3. The van der Waals surface area contributed by atoms with Crippen molar-refractivity contribution in [1.82, 2.24) is 10.2 Å². The van der Waals surface area contributed by atoms with Crippen molar-refractivity contribution in [1.29, 1.82) is 0 Å². The normalized spacial score (nSPS) is 26.9. The van der Waals surface area contributed by atoms with E-state index in [-0.39, 0.29) is 30.8 Å². The molecule has 0 saturated carbocycles. The molecule has 2 amide bonds. The highest BCUT2D eigenvalue weighted by molar-refractivity contribution is 5.74. The molecule has 0 aliphatic carbocycles. The number of morpholine rings is 1. The van der Waals surface area contributed by atoms with E-state index in [1.165, 1.54) is 0 Å². The number of amides is 2. The topological polar surface area (TPSA) is 61.8 Å². The summed E-state index contributed by atoms with van der Waals surface area (Å²) in [5.74, 6) is 0. The molecule has 0 bridgehead atoms. The minimum atomic E-state index is -0.251. The second-order valence-corrected chi connectivity index (χ2v) is 4.24. The molecule has 1 heterocycles. The van der Waals surface area contributed by atoms with Crippen molar-refractivity contribution in [2.75, 3.05) is 19.8 Å². The monoisotopic (exact) mass is 216 g/mol. The maximum atomic E-state index is 11.8. The molecule has 2 atom stereocenters. The van der Waals surface area contributed by atoms with E-state index in [1.807, 2.05) is 20.8 Å². The molecule has 15 heavy (non-hydrogen) atoms. The molecule has 0 aromatic heterocycles. The van der Waals surface area contributed by atoms with Gasteiger partial charge in [-0.3, -0.25) is 0 Å². The lowest BCUT2D eigenvalue weighted by Crippen LogP contribution is -2.55. The maximum absolute atomic E-state index is 11.8. The molecule has 1 aliphatic heterocycles. The van der Waals surface area contributed by atoms with Crippen LogP contribution in [0.15, 0.2) is 0 Å². The fraction of sp³-hybridized carbons (Fsp3) is 0.900. The van der Waals surface area contributed by atoms with Gasteiger partial charge in [-0.1, -0.05) is 0 Å². The number of nitrogens with one attached hydrogen (secondary N) is 1. The number of aliphatic hydroxyl groups excluding tert-OH is 1. The Morgan fingerprint density at radius 1 is 1.67 bits per heavy atom. The fourth-order valence-corrected chi connectivity index (χ4v) is 1.54. The molecule has 88 valence electrons. The van der Waals surface area contributed by atoms with Crippen molar-refractivity contribution in [3.8, 4) is 0 Å². The number of nitrogens with zero attached hydrogens (tertiary/aromatic N) is 1. The predicted octanol–water partition coefficient (Wildman–Crippen LogP) is 0.186. The Balaban J connectivity index is 2.53. The summed E-state index contributed by atoms with van der Waals surface area (Å²) < 4.78 is 5.35. The summed E-state index contributed by atoms with van der Waals surface area (Å²) in [4.78, 5) is 13.5. The largest absolute Gasteiger partial charge is 0.394 e.